The lowest BCUT2D eigenvalue weighted by atomic mass is 9.84. The predicted octanol–water partition coefficient (Wildman–Crippen LogP) is 2.69. The number of hydrogen-bond acceptors (Lipinski definition) is 6. The minimum atomic E-state index is -0.829. The van der Waals surface area contributed by atoms with Gasteiger partial charge in [-0.05, 0) is 37.1 Å². The van der Waals surface area contributed by atoms with Crippen molar-refractivity contribution in [2.24, 2.45) is 0 Å². The van der Waals surface area contributed by atoms with Crippen LogP contribution >= 0.6 is 0 Å². The number of anilines is 1. The summed E-state index contributed by atoms with van der Waals surface area (Å²) in [6.07, 6.45) is 1.18. The molecule has 0 bridgehead atoms. The number of benzene rings is 1. The number of carbonyl (C=O) groups excluding carboxylic acids is 1. The summed E-state index contributed by atoms with van der Waals surface area (Å²) in [5, 5.41) is 1.31. The Bertz CT molecular complexity index is 518. The summed E-state index contributed by atoms with van der Waals surface area (Å²) >= 11 is 0. The minimum Gasteiger partial charge on any atom is -0.378 e. The van der Waals surface area contributed by atoms with Crippen LogP contribution in [0.5, 0.6) is 0 Å². The number of ether oxygens (including phenoxy) is 1. The molecule has 0 aromatic heterocycles. The van der Waals surface area contributed by atoms with Gasteiger partial charge in [-0.2, -0.15) is 0 Å². The van der Waals surface area contributed by atoms with Crippen molar-refractivity contribution in [3.05, 3.63) is 29.8 Å². The molecule has 1 aliphatic rings. The lowest BCUT2D eigenvalue weighted by molar-refractivity contribution is -0.381. The zero-order chi connectivity index (χ0) is 17.6. The molecule has 2 rings (SSSR count). The maximum atomic E-state index is 13.1. The van der Waals surface area contributed by atoms with Gasteiger partial charge < -0.3 is 9.64 Å². The molecule has 0 spiro atoms. The molecule has 1 aliphatic heterocycles. The molecule has 0 atom stereocenters. The SMILES string of the molecule is CCC(CC)(C(=O)c1ccc(N2CCOCC2)cc1)N(OC)OC. The quantitative estimate of drug-likeness (QED) is 0.537. The molecule has 134 valence electrons. The zero-order valence-electron chi connectivity index (χ0n) is 15.1. The first kappa shape index (κ1) is 18.9. The molecule has 1 fully saturated rings. The Hall–Kier alpha value is -1.47. The Morgan fingerprint density at radius 3 is 2.12 bits per heavy atom. The third-order valence-electron chi connectivity index (χ3n) is 4.78. The fourth-order valence-corrected chi connectivity index (χ4v) is 3.25. The molecule has 1 saturated heterocycles. The van der Waals surface area contributed by atoms with Crippen molar-refractivity contribution in [2.45, 2.75) is 32.2 Å². The van der Waals surface area contributed by atoms with Gasteiger partial charge in [-0.15, -0.1) is 0 Å². The molecule has 0 unspecified atom stereocenters. The Morgan fingerprint density at radius 1 is 1.12 bits per heavy atom. The maximum absolute atomic E-state index is 13.1. The topological polar surface area (TPSA) is 51.2 Å². The highest BCUT2D eigenvalue weighted by atomic mass is 16.9. The second-order valence-electron chi connectivity index (χ2n) is 5.84. The van der Waals surface area contributed by atoms with Gasteiger partial charge in [-0.25, -0.2) is 0 Å². The van der Waals surface area contributed by atoms with Gasteiger partial charge in [0.2, 0.25) is 0 Å². The van der Waals surface area contributed by atoms with Gasteiger partial charge in [0.1, 0.15) is 5.54 Å². The lowest BCUT2D eigenvalue weighted by Gasteiger charge is -2.37. The molecule has 0 saturated carbocycles. The van der Waals surface area contributed by atoms with Crippen LogP contribution in [0.15, 0.2) is 24.3 Å². The molecule has 24 heavy (non-hydrogen) atoms. The van der Waals surface area contributed by atoms with E-state index in [-0.39, 0.29) is 5.78 Å². The first-order chi connectivity index (χ1) is 11.6. The average Bonchev–Trinajstić information content (AvgIpc) is 2.66. The second-order valence-corrected chi connectivity index (χ2v) is 5.84. The van der Waals surface area contributed by atoms with Crippen LogP contribution in [0.2, 0.25) is 0 Å². The van der Waals surface area contributed by atoms with Gasteiger partial charge in [0.05, 0.1) is 27.4 Å². The van der Waals surface area contributed by atoms with E-state index in [1.807, 2.05) is 38.1 Å². The zero-order valence-corrected chi connectivity index (χ0v) is 15.1. The molecule has 1 aromatic rings. The maximum Gasteiger partial charge on any atom is 0.187 e. The molecule has 1 aromatic carbocycles. The molecule has 1 heterocycles. The van der Waals surface area contributed by atoms with E-state index in [2.05, 4.69) is 4.90 Å². The van der Waals surface area contributed by atoms with Crippen LogP contribution in [0.25, 0.3) is 0 Å². The Labute approximate surface area is 144 Å². The summed E-state index contributed by atoms with van der Waals surface area (Å²) in [6, 6.07) is 7.77. The molecule has 0 N–H and O–H groups in total. The van der Waals surface area contributed by atoms with Gasteiger partial charge in [-0.1, -0.05) is 19.1 Å². The average molecular weight is 336 g/mol. The number of rotatable bonds is 8. The smallest absolute Gasteiger partial charge is 0.187 e. The molecular formula is C18H28N2O4. The van der Waals surface area contributed by atoms with Crippen LogP contribution in [-0.2, 0) is 14.4 Å². The van der Waals surface area contributed by atoms with E-state index in [1.165, 1.54) is 19.4 Å². The third kappa shape index (κ3) is 3.62. The summed E-state index contributed by atoms with van der Waals surface area (Å²) in [5.74, 6) is 0.00438. The van der Waals surface area contributed by atoms with Gasteiger partial charge >= 0.3 is 0 Å². The van der Waals surface area contributed by atoms with E-state index >= 15 is 0 Å². The third-order valence-corrected chi connectivity index (χ3v) is 4.78. The Kier molecular flexibility index (Phi) is 6.74. The van der Waals surface area contributed by atoms with Crippen LogP contribution in [0.1, 0.15) is 37.0 Å². The van der Waals surface area contributed by atoms with E-state index < -0.39 is 5.54 Å². The first-order valence-electron chi connectivity index (χ1n) is 8.49. The number of Topliss-reactive ketones (excluding diaryl/α,β-unsaturated/α-hetero) is 1. The fourth-order valence-electron chi connectivity index (χ4n) is 3.25. The number of nitrogens with zero attached hydrogens (tertiary/aromatic N) is 2. The van der Waals surface area contributed by atoms with E-state index in [4.69, 9.17) is 14.4 Å². The highest BCUT2D eigenvalue weighted by molar-refractivity contribution is 6.03. The normalized spacial score (nSPS) is 15.8. The monoisotopic (exact) mass is 336 g/mol. The standard InChI is InChI=1S/C18H28N2O4/c1-5-18(6-2,20(22-3)23-4)17(21)15-7-9-16(10-8-15)19-11-13-24-14-12-19/h7-10H,5-6,11-14H2,1-4H3. The van der Waals surface area contributed by atoms with Crippen molar-refractivity contribution in [3.63, 3.8) is 0 Å². The van der Waals surface area contributed by atoms with Crippen LogP contribution in [0.3, 0.4) is 0 Å². The van der Waals surface area contributed by atoms with Gasteiger partial charge in [0, 0.05) is 24.3 Å². The first-order valence-corrected chi connectivity index (χ1v) is 8.49. The summed E-state index contributed by atoms with van der Waals surface area (Å²) in [5.41, 5.74) is 0.947. The Morgan fingerprint density at radius 2 is 1.67 bits per heavy atom. The molecule has 0 aliphatic carbocycles. The van der Waals surface area contributed by atoms with E-state index in [1.54, 1.807) is 0 Å². The molecule has 6 heteroatoms. The van der Waals surface area contributed by atoms with Crippen LogP contribution in [-0.4, -0.2) is 57.1 Å². The molecule has 6 nitrogen and oxygen atoms in total. The van der Waals surface area contributed by atoms with E-state index in [9.17, 15) is 4.79 Å². The van der Waals surface area contributed by atoms with Crippen molar-refractivity contribution in [3.8, 4) is 0 Å². The van der Waals surface area contributed by atoms with Crippen LogP contribution in [0.4, 0.5) is 5.69 Å². The number of carbonyl (C=O) groups is 1. The fraction of sp³-hybridized carbons (Fsp3) is 0.611. The van der Waals surface area contributed by atoms with Crippen LogP contribution < -0.4 is 4.90 Å². The van der Waals surface area contributed by atoms with Crippen molar-refractivity contribution >= 4 is 11.5 Å². The van der Waals surface area contributed by atoms with Crippen LogP contribution in [0, 0.1) is 0 Å². The van der Waals surface area contributed by atoms with E-state index in [0.717, 1.165) is 32.0 Å². The Balaban J connectivity index is 2.23. The summed E-state index contributed by atoms with van der Waals surface area (Å²) in [7, 11) is 3.02. The highest BCUT2D eigenvalue weighted by Gasteiger charge is 2.43. The minimum absolute atomic E-state index is 0.00438. The van der Waals surface area contributed by atoms with Gasteiger partial charge in [0.25, 0.3) is 0 Å². The highest BCUT2D eigenvalue weighted by Crippen LogP contribution is 2.29. The summed E-state index contributed by atoms with van der Waals surface area (Å²) < 4.78 is 5.38. The van der Waals surface area contributed by atoms with Gasteiger partial charge in [0.15, 0.2) is 5.78 Å². The van der Waals surface area contributed by atoms with Crippen molar-refractivity contribution in [1.29, 1.82) is 0 Å². The largest absolute Gasteiger partial charge is 0.378 e. The van der Waals surface area contributed by atoms with Crippen molar-refractivity contribution in [2.75, 3.05) is 45.4 Å². The number of morpholine rings is 1. The van der Waals surface area contributed by atoms with Gasteiger partial charge in [-0.3, -0.25) is 14.5 Å². The van der Waals surface area contributed by atoms with Crippen molar-refractivity contribution < 1.29 is 19.2 Å². The molecular weight excluding hydrogens is 308 g/mol. The molecule has 0 amide bonds. The predicted molar refractivity (Wildman–Crippen MR) is 93.0 cm³/mol. The number of ketones is 1. The van der Waals surface area contributed by atoms with E-state index in [0.29, 0.717) is 18.4 Å². The molecule has 0 radical (unpaired) electrons. The second kappa shape index (κ2) is 8.58. The number of hydrogen-bond donors (Lipinski definition) is 0. The van der Waals surface area contributed by atoms with Crippen molar-refractivity contribution in [1.82, 2.24) is 5.23 Å². The lowest BCUT2D eigenvalue weighted by Crippen LogP contribution is -2.53. The number of hydroxylamine groups is 2. The summed E-state index contributed by atoms with van der Waals surface area (Å²) in [6.45, 7) is 7.17. The summed E-state index contributed by atoms with van der Waals surface area (Å²) in [4.78, 5) is 26.0.